The molecule has 4 rings (SSSR count). The molecule has 162 valence electrons. The third-order valence-corrected chi connectivity index (χ3v) is 6.88. The third kappa shape index (κ3) is 4.00. The number of primary amides is 1. The highest BCUT2D eigenvalue weighted by atomic mass is 32.2. The maximum atomic E-state index is 13.1. The fraction of sp³-hybridized carbons (Fsp3) is 0.0833. The molecule has 3 N–H and O–H groups in total. The number of nitrogens with zero attached hydrogens (tertiary/aromatic N) is 1. The summed E-state index contributed by atoms with van der Waals surface area (Å²) in [6, 6.07) is 20.3. The molecule has 0 spiro atoms. The number of methoxy groups -OCH3 is 1. The van der Waals surface area contributed by atoms with E-state index >= 15 is 0 Å². The van der Waals surface area contributed by atoms with Crippen molar-refractivity contribution >= 4 is 32.3 Å². The van der Waals surface area contributed by atoms with E-state index in [1.54, 1.807) is 43.5 Å². The lowest BCUT2D eigenvalue weighted by Crippen LogP contribution is -2.15. The Morgan fingerprint density at radius 2 is 1.72 bits per heavy atom. The van der Waals surface area contributed by atoms with Gasteiger partial charge in [0, 0.05) is 23.7 Å². The molecule has 0 aliphatic heterocycles. The number of aromatic nitrogens is 1. The van der Waals surface area contributed by atoms with E-state index in [0.29, 0.717) is 28.9 Å². The summed E-state index contributed by atoms with van der Waals surface area (Å²) in [6.07, 6.45) is 1.39. The average Bonchev–Trinajstić information content (AvgIpc) is 2.82. The van der Waals surface area contributed by atoms with Crippen LogP contribution in [0, 0.1) is 0 Å². The fourth-order valence-electron chi connectivity index (χ4n) is 3.48. The summed E-state index contributed by atoms with van der Waals surface area (Å²) in [6.45, 7) is 0.332. The van der Waals surface area contributed by atoms with Crippen molar-refractivity contribution in [2.24, 2.45) is 5.73 Å². The number of carbonyl (C=O) groups excluding carboxylic acids is 1. The number of hydrogen-bond donors (Lipinski definition) is 2. The molecule has 8 heteroatoms. The Morgan fingerprint density at radius 1 is 1.00 bits per heavy atom. The van der Waals surface area contributed by atoms with Crippen LogP contribution in [0.1, 0.15) is 15.9 Å². The molecule has 0 aliphatic rings. The Balaban J connectivity index is 1.83. The van der Waals surface area contributed by atoms with E-state index in [2.05, 4.69) is 10.3 Å². The fourth-order valence-corrected chi connectivity index (χ4v) is 4.79. The first-order chi connectivity index (χ1) is 15.4. The number of sulfone groups is 1. The van der Waals surface area contributed by atoms with Gasteiger partial charge in [-0.2, -0.15) is 0 Å². The van der Waals surface area contributed by atoms with Crippen LogP contribution in [0.3, 0.4) is 0 Å². The second-order valence-electron chi connectivity index (χ2n) is 7.07. The number of pyridine rings is 1. The molecule has 0 saturated heterocycles. The molecular weight excluding hydrogens is 426 g/mol. The Morgan fingerprint density at radius 3 is 2.44 bits per heavy atom. The van der Waals surface area contributed by atoms with Gasteiger partial charge in [-0.1, -0.05) is 36.4 Å². The van der Waals surface area contributed by atoms with E-state index in [-0.39, 0.29) is 15.4 Å². The lowest BCUT2D eigenvalue weighted by atomic mass is 10.1. The predicted molar refractivity (Wildman–Crippen MR) is 122 cm³/mol. The summed E-state index contributed by atoms with van der Waals surface area (Å²) in [4.78, 5) is 16.7. The lowest BCUT2D eigenvalue weighted by molar-refractivity contribution is 0.100. The first-order valence-electron chi connectivity index (χ1n) is 9.80. The topological polar surface area (TPSA) is 111 Å². The van der Waals surface area contributed by atoms with Gasteiger partial charge in [-0.25, -0.2) is 8.42 Å². The standard InChI is InChI=1S/C24H21N3O4S/c1-31-22-10-6-5-7-16(22)14-27-23-19-13-18(32(29,30)17-8-3-2-4-9-17)11-12-21(19)26-15-20(23)24(25)28/h2-13,15H,14H2,1H3,(H2,25,28)(H,26,27). The molecule has 7 nitrogen and oxygen atoms in total. The van der Waals surface area contributed by atoms with Gasteiger partial charge in [0.25, 0.3) is 5.91 Å². The smallest absolute Gasteiger partial charge is 0.252 e. The number of rotatable bonds is 7. The number of hydrogen-bond acceptors (Lipinski definition) is 6. The van der Waals surface area contributed by atoms with Crippen LogP contribution in [-0.2, 0) is 16.4 Å². The monoisotopic (exact) mass is 447 g/mol. The zero-order chi connectivity index (χ0) is 22.7. The highest BCUT2D eigenvalue weighted by Crippen LogP contribution is 2.31. The van der Waals surface area contributed by atoms with Gasteiger partial charge in [-0.15, -0.1) is 0 Å². The summed E-state index contributed by atoms with van der Waals surface area (Å²) >= 11 is 0. The highest BCUT2D eigenvalue weighted by Gasteiger charge is 2.20. The average molecular weight is 448 g/mol. The molecule has 0 fully saturated rings. The number of anilines is 1. The number of nitrogens with two attached hydrogens (primary N) is 1. The number of nitrogens with one attached hydrogen (secondary N) is 1. The van der Waals surface area contributed by atoms with Gasteiger partial charge in [0.05, 0.1) is 33.7 Å². The molecule has 3 aromatic carbocycles. The maximum absolute atomic E-state index is 13.1. The summed E-state index contributed by atoms with van der Waals surface area (Å²) in [7, 11) is -2.17. The summed E-state index contributed by atoms with van der Waals surface area (Å²) in [5.74, 6) is 0.0181. The van der Waals surface area contributed by atoms with Crippen LogP contribution in [0.5, 0.6) is 5.75 Å². The normalized spacial score (nSPS) is 11.3. The molecule has 32 heavy (non-hydrogen) atoms. The van der Waals surface area contributed by atoms with Gasteiger partial charge in [-0.3, -0.25) is 9.78 Å². The van der Waals surface area contributed by atoms with E-state index in [9.17, 15) is 13.2 Å². The molecule has 0 saturated carbocycles. The molecule has 1 amide bonds. The second kappa shape index (κ2) is 8.68. The number of ether oxygens (including phenoxy) is 1. The van der Waals surface area contributed by atoms with Crippen LogP contribution in [-0.4, -0.2) is 26.4 Å². The van der Waals surface area contributed by atoms with Crippen LogP contribution in [0.15, 0.2) is 88.8 Å². The largest absolute Gasteiger partial charge is 0.496 e. The van der Waals surface area contributed by atoms with Crippen molar-refractivity contribution in [1.29, 1.82) is 0 Å². The van der Waals surface area contributed by atoms with Gasteiger partial charge in [0.1, 0.15) is 5.75 Å². The minimum absolute atomic E-state index is 0.0972. The van der Waals surface area contributed by atoms with Crippen LogP contribution >= 0.6 is 0 Å². The minimum Gasteiger partial charge on any atom is -0.496 e. The highest BCUT2D eigenvalue weighted by molar-refractivity contribution is 7.91. The molecule has 1 aromatic heterocycles. The van der Waals surface area contributed by atoms with Crippen molar-refractivity contribution in [3.63, 3.8) is 0 Å². The Bertz CT molecular complexity index is 1400. The van der Waals surface area contributed by atoms with Gasteiger partial charge in [0.15, 0.2) is 0 Å². The molecule has 1 heterocycles. The maximum Gasteiger partial charge on any atom is 0.252 e. The summed E-state index contributed by atoms with van der Waals surface area (Å²) in [5.41, 5.74) is 7.56. The molecule has 0 unspecified atom stereocenters. The van der Waals surface area contributed by atoms with E-state index in [0.717, 1.165) is 5.56 Å². The number of fused-ring (bicyclic) bond motifs is 1. The van der Waals surface area contributed by atoms with Crippen LogP contribution in [0.25, 0.3) is 10.9 Å². The summed E-state index contributed by atoms with van der Waals surface area (Å²) in [5, 5.41) is 3.71. The lowest BCUT2D eigenvalue weighted by Gasteiger charge is -2.15. The van der Waals surface area contributed by atoms with Crippen molar-refractivity contribution in [1.82, 2.24) is 4.98 Å². The van der Waals surface area contributed by atoms with Crippen molar-refractivity contribution in [2.75, 3.05) is 12.4 Å². The van der Waals surface area contributed by atoms with E-state index in [1.165, 1.54) is 18.3 Å². The number of para-hydroxylation sites is 1. The Hall–Kier alpha value is -3.91. The molecular formula is C24H21N3O4S. The first-order valence-corrected chi connectivity index (χ1v) is 11.3. The number of benzene rings is 3. The van der Waals surface area contributed by atoms with Crippen LogP contribution in [0.4, 0.5) is 5.69 Å². The molecule has 0 radical (unpaired) electrons. The van der Waals surface area contributed by atoms with Gasteiger partial charge < -0.3 is 15.8 Å². The third-order valence-electron chi connectivity index (χ3n) is 5.12. The molecule has 0 atom stereocenters. The summed E-state index contributed by atoms with van der Waals surface area (Å²) < 4.78 is 31.6. The van der Waals surface area contributed by atoms with E-state index in [4.69, 9.17) is 10.5 Å². The van der Waals surface area contributed by atoms with E-state index < -0.39 is 15.7 Å². The Labute approximate surface area is 185 Å². The van der Waals surface area contributed by atoms with Crippen LogP contribution in [0.2, 0.25) is 0 Å². The van der Waals surface area contributed by atoms with Gasteiger partial charge >= 0.3 is 0 Å². The van der Waals surface area contributed by atoms with Crippen molar-refractivity contribution < 1.29 is 17.9 Å². The number of carbonyl (C=O) groups is 1. The predicted octanol–water partition coefficient (Wildman–Crippen LogP) is 3.79. The van der Waals surface area contributed by atoms with Gasteiger partial charge in [0.2, 0.25) is 9.84 Å². The molecule has 4 aromatic rings. The van der Waals surface area contributed by atoms with Gasteiger partial charge in [-0.05, 0) is 36.4 Å². The number of amides is 1. The second-order valence-corrected chi connectivity index (χ2v) is 9.02. The van der Waals surface area contributed by atoms with Crippen molar-refractivity contribution in [3.05, 3.63) is 90.1 Å². The molecule has 0 bridgehead atoms. The first kappa shape index (κ1) is 21.3. The zero-order valence-electron chi connectivity index (χ0n) is 17.3. The van der Waals surface area contributed by atoms with E-state index in [1.807, 2.05) is 24.3 Å². The quantitative estimate of drug-likeness (QED) is 0.446. The van der Waals surface area contributed by atoms with Crippen LogP contribution < -0.4 is 15.8 Å². The zero-order valence-corrected chi connectivity index (χ0v) is 18.1. The SMILES string of the molecule is COc1ccccc1CNc1c(C(N)=O)cnc2ccc(S(=O)(=O)c3ccccc3)cc12. The Kier molecular flexibility index (Phi) is 5.79. The minimum atomic E-state index is -3.75. The van der Waals surface area contributed by atoms with Crippen molar-refractivity contribution in [3.8, 4) is 5.75 Å². The molecule has 0 aliphatic carbocycles. The van der Waals surface area contributed by atoms with Crippen molar-refractivity contribution in [2.45, 2.75) is 16.3 Å².